The Morgan fingerprint density at radius 1 is 1.64 bits per heavy atom. The summed E-state index contributed by atoms with van der Waals surface area (Å²) < 4.78 is 0. The van der Waals surface area contributed by atoms with Gasteiger partial charge in [-0.1, -0.05) is 0 Å². The lowest BCUT2D eigenvalue weighted by Gasteiger charge is -2.19. The highest BCUT2D eigenvalue weighted by molar-refractivity contribution is 7.81. The molecule has 6 heteroatoms. The number of hydrogen-bond donors (Lipinski definition) is 4. The average molecular weight is 221 g/mol. The maximum Gasteiger partial charge on any atom is 0.217 e. The fourth-order valence-corrected chi connectivity index (χ4v) is 1.07. The minimum atomic E-state index is -0.926. The predicted molar refractivity (Wildman–Crippen MR) is 54.2 cm³/mol. The van der Waals surface area contributed by atoms with Crippen LogP contribution in [0.4, 0.5) is 0 Å². The summed E-state index contributed by atoms with van der Waals surface area (Å²) >= 11 is 3.90. The molecule has 0 bridgehead atoms. The summed E-state index contributed by atoms with van der Waals surface area (Å²) in [5.74, 6) is -0.339. The number of aldehydes is 1. The van der Waals surface area contributed by atoms with Gasteiger partial charge < -0.3 is 20.3 Å². The number of nitrogens with one attached hydrogen (secondary N) is 1. The standard InChI is InChI=1S/C8H15NO4S/c1-5(12)9-6(3-10)2-7(13)8(14)4-11/h3,6-8,11,13-14H,2,4H2,1H3,(H,9,12)/t6-,7-,8-/m0/s1. The Morgan fingerprint density at radius 2 is 2.21 bits per heavy atom. The zero-order chi connectivity index (χ0) is 11.1. The molecule has 82 valence electrons. The fraction of sp³-hybridized carbons (Fsp3) is 0.750. The van der Waals surface area contributed by atoms with Gasteiger partial charge in [0.15, 0.2) is 0 Å². The van der Waals surface area contributed by atoms with Crippen LogP contribution in [0.15, 0.2) is 0 Å². The summed E-state index contributed by atoms with van der Waals surface area (Å²) in [6.07, 6.45) is -0.328. The lowest BCUT2D eigenvalue weighted by Crippen LogP contribution is -2.39. The summed E-state index contributed by atoms with van der Waals surface area (Å²) in [5, 5.41) is 19.8. The third-order valence-electron chi connectivity index (χ3n) is 1.68. The van der Waals surface area contributed by atoms with Gasteiger partial charge in [0.2, 0.25) is 5.91 Å². The monoisotopic (exact) mass is 221 g/mol. The molecule has 0 spiro atoms. The number of amides is 1. The largest absolute Gasteiger partial charge is 0.395 e. The van der Waals surface area contributed by atoms with Crippen molar-refractivity contribution in [2.45, 2.75) is 30.7 Å². The van der Waals surface area contributed by atoms with E-state index in [-0.39, 0.29) is 18.9 Å². The molecule has 3 atom stereocenters. The van der Waals surface area contributed by atoms with Crippen molar-refractivity contribution in [2.75, 3.05) is 6.61 Å². The SMILES string of the molecule is CC(=O)N[C@H](C=O)C[C@H](O)[C@@H](S)CO. The first kappa shape index (κ1) is 13.4. The first-order chi connectivity index (χ1) is 6.51. The molecule has 3 N–H and O–H groups in total. The number of aliphatic hydroxyl groups excluding tert-OH is 2. The quantitative estimate of drug-likeness (QED) is 0.333. The summed E-state index contributed by atoms with van der Waals surface area (Å²) in [7, 11) is 0. The molecule has 0 aliphatic heterocycles. The van der Waals surface area contributed by atoms with Crippen molar-refractivity contribution in [3.8, 4) is 0 Å². The second-order valence-corrected chi connectivity index (χ2v) is 3.66. The number of thiol groups is 1. The van der Waals surface area contributed by atoms with E-state index in [0.29, 0.717) is 6.29 Å². The fourth-order valence-electron chi connectivity index (χ4n) is 0.949. The number of rotatable bonds is 6. The molecule has 0 aliphatic rings. The van der Waals surface area contributed by atoms with Gasteiger partial charge in [-0.2, -0.15) is 12.6 Å². The Morgan fingerprint density at radius 3 is 2.57 bits per heavy atom. The van der Waals surface area contributed by atoms with Crippen molar-refractivity contribution < 1.29 is 19.8 Å². The van der Waals surface area contributed by atoms with Gasteiger partial charge in [0.1, 0.15) is 6.29 Å². The Hall–Kier alpha value is -0.590. The minimum absolute atomic E-state index is 0.0534. The van der Waals surface area contributed by atoms with Crippen molar-refractivity contribution >= 4 is 24.8 Å². The van der Waals surface area contributed by atoms with E-state index >= 15 is 0 Å². The van der Waals surface area contributed by atoms with Crippen molar-refractivity contribution in [2.24, 2.45) is 0 Å². The molecule has 0 radical (unpaired) electrons. The predicted octanol–water partition coefficient (Wildman–Crippen LogP) is -1.27. The van der Waals surface area contributed by atoms with Crippen molar-refractivity contribution in [3.63, 3.8) is 0 Å². The molecule has 5 nitrogen and oxygen atoms in total. The second-order valence-electron chi connectivity index (χ2n) is 3.00. The number of carbonyl (C=O) groups is 2. The topological polar surface area (TPSA) is 86.6 Å². The normalized spacial score (nSPS) is 16.9. The van der Waals surface area contributed by atoms with Gasteiger partial charge in [-0.05, 0) is 0 Å². The molecule has 0 saturated heterocycles. The molecule has 0 aromatic heterocycles. The van der Waals surface area contributed by atoms with Crippen LogP contribution >= 0.6 is 12.6 Å². The summed E-state index contributed by atoms with van der Waals surface area (Å²) in [5.41, 5.74) is 0. The first-order valence-electron chi connectivity index (χ1n) is 4.20. The van der Waals surface area contributed by atoms with Crippen LogP contribution < -0.4 is 5.32 Å². The van der Waals surface area contributed by atoms with E-state index in [9.17, 15) is 14.7 Å². The van der Waals surface area contributed by atoms with Crippen LogP contribution in [0.5, 0.6) is 0 Å². The third kappa shape index (κ3) is 5.21. The van der Waals surface area contributed by atoms with Crippen molar-refractivity contribution in [3.05, 3.63) is 0 Å². The van der Waals surface area contributed by atoms with Gasteiger partial charge in [0, 0.05) is 13.3 Å². The molecular weight excluding hydrogens is 206 g/mol. The number of aliphatic hydroxyl groups is 2. The Bertz CT molecular complexity index is 200. The highest BCUT2D eigenvalue weighted by Crippen LogP contribution is 2.07. The van der Waals surface area contributed by atoms with E-state index in [1.54, 1.807) is 0 Å². The highest BCUT2D eigenvalue weighted by Gasteiger charge is 2.19. The zero-order valence-electron chi connectivity index (χ0n) is 7.88. The van der Waals surface area contributed by atoms with Gasteiger partial charge in [0.05, 0.1) is 24.0 Å². The van der Waals surface area contributed by atoms with Gasteiger partial charge in [0.25, 0.3) is 0 Å². The summed E-state index contributed by atoms with van der Waals surface area (Å²) in [6.45, 7) is 1.00. The maximum absolute atomic E-state index is 10.6. The van der Waals surface area contributed by atoms with E-state index in [2.05, 4.69) is 17.9 Å². The third-order valence-corrected chi connectivity index (χ3v) is 2.19. The first-order valence-corrected chi connectivity index (χ1v) is 4.72. The summed E-state index contributed by atoms with van der Waals surface area (Å²) in [6, 6.07) is -0.733. The molecular formula is C8H15NO4S. The van der Waals surface area contributed by atoms with Crippen LogP contribution in [-0.4, -0.2) is 46.4 Å². The molecule has 0 heterocycles. The minimum Gasteiger partial charge on any atom is -0.395 e. The molecule has 0 saturated carbocycles. The Balaban J connectivity index is 4.03. The Labute approximate surface area is 87.9 Å². The molecule has 0 aromatic carbocycles. The van der Waals surface area contributed by atoms with Crippen LogP contribution in [0.25, 0.3) is 0 Å². The highest BCUT2D eigenvalue weighted by atomic mass is 32.1. The maximum atomic E-state index is 10.6. The molecule has 0 fully saturated rings. The van der Waals surface area contributed by atoms with Crippen LogP contribution in [-0.2, 0) is 9.59 Å². The van der Waals surface area contributed by atoms with Gasteiger partial charge >= 0.3 is 0 Å². The average Bonchev–Trinajstić information content (AvgIpc) is 2.14. The molecule has 0 aromatic rings. The lowest BCUT2D eigenvalue weighted by atomic mass is 10.1. The van der Waals surface area contributed by atoms with Crippen LogP contribution in [0.3, 0.4) is 0 Å². The summed E-state index contributed by atoms with van der Waals surface area (Å²) in [4.78, 5) is 21.1. The molecule has 0 rings (SSSR count). The van der Waals surface area contributed by atoms with Gasteiger partial charge in [-0.25, -0.2) is 0 Å². The number of hydrogen-bond acceptors (Lipinski definition) is 5. The van der Waals surface area contributed by atoms with Gasteiger partial charge in [-0.15, -0.1) is 0 Å². The van der Waals surface area contributed by atoms with E-state index in [1.165, 1.54) is 6.92 Å². The van der Waals surface area contributed by atoms with E-state index < -0.39 is 17.4 Å². The van der Waals surface area contributed by atoms with Crippen LogP contribution in [0.1, 0.15) is 13.3 Å². The van der Waals surface area contributed by atoms with Crippen molar-refractivity contribution in [1.29, 1.82) is 0 Å². The lowest BCUT2D eigenvalue weighted by molar-refractivity contribution is -0.122. The molecule has 1 amide bonds. The molecule has 0 aliphatic carbocycles. The zero-order valence-corrected chi connectivity index (χ0v) is 8.78. The van der Waals surface area contributed by atoms with E-state index in [0.717, 1.165) is 0 Å². The number of carbonyl (C=O) groups excluding carboxylic acids is 2. The second kappa shape index (κ2) is 6.80. The van der Waals surface area contributed by atoms with Gasteiger partial charge in [-0.3, -0.25) is 4.79 Å². The van der Waals surface area contributed by atoms with Crippen molar-refractivity contribution in [1.82, 2.24) is 5.32 Å². The van der Waals surface area contributed by atoms with Crippen LogP contribution in [0, 0.1) is 0 Å². The van der Waals surface area contributed by atoms with E-state index in [4.69, 9.17) is 5.11 Å². The molecule has 0 unspecified atom stereocenters. The van der Waals surface area contributed by atoms with Crippen LogP contribution in [0.2, 0.25) is 0 Å². The van der Waals surface area contributed by atoms with E-state index in [1.807, 2.05) is 0 Å². The Kier molecular flexibility index (Phi) is 6.52. The molecule has 14 heavy (non-hydrogen) atoms. The smallest absolute Gasteiger partial charge is 0.217 e.